The molecule has 0 saturated carbocycles. The van der Waals surface area contributed by atoms with E-state index in [1.807, 2.05) is 31.2 Å². The molecule has 2 N–H and O–H groups in total. The zero-order valence-electron chi connectivity index (χ0n) is 14.3. The molecule has 2 rings (SSSR count). The molecule has 1 atom stereocenters. The smallest absolute Gasteiger partial charge is 0.317 e. The average Bonchev–Trinajstić information content (AvgIpc) is 2.62. The summed E-state index contributed by atoms with van der Waals surface area (Å²) in [7, 11) is 1.58. The van der Waals surface area contributed by atoms with Crippen LogP contribution in [0.4, 0.5) is 4.79 Å². The van der Waals surface area contributed by atoms with E-state index in [9.17, 15) is 4.79 Å². The number of hydrogen-bond acceptors (Lipinski definition) is 3. The molecule has 128 valence electrons. The normalized spacial score (nSPS) is 11.5. The van der Waals surface area contributed by atoms with Gasteiger partial charge in [0.05, 0.1) is 13.2 Å². The highest BCUT2D eigenvalue weighted by Crippen LogP contribution is 2.25. The van der Waals surface area contributed by atoms with Crippen molar-refractivity contribution in [2.75, 3.05) is 13.8 Å². The minimum Gasteiger partial charge on any atom is -0.493 e. The Hall–Kier alpha value is -2.69. The van der Waals surface area contributed by atoms with Crippen molar-refractivity contribution in [2.24, 2.45) is 0 Å². The van der Waals surface area contributed by atoms with Crippen molar-refractivity contribution in [1.29, 1.82) is 0 Å². The number of ether oxygens (including phenoxy) is 2. The summed E-state index contributed by atoms with van der Waals surface area (Å²) in [5, 5.41) is 5.57. The summed E-state index contributed by atoms with van der Waals surface area (Å²) in [6.07, 6.45) is 1.00. The van der Waals surface area contributed by atoms with Crippen molar-refractivity contribution in [1.82, 2.24) is 10.6 Å². The maximum atomic E-state index is 12.0. The molecule has 0 aromatic heterocycles. The van der Waals surface area contributed by atoms with E-state index in [1.54, 1.807) is 19.2 Å². The molecule has 0 fully saturated rings. The third-order valence-electron chi connectivity index (χ3n) is 3.77. The van der Waals surface area contributed by atoms with E-state index >= 15 is 0 Å². The number of amides is 2. The van der Waals surface area contributed by atoms with Gasteiger partial charge < -0.3 is 20.1 Å². The van der Waals surface area contributed by atoms with Crippen LogP contribution in [0, 0.1) is 0 Å². The van der Waals surface area contributed by atoms with E-state index < -0.39 is 0 Å². The molecule has 0 bridgehead atoms. The number of carbonyl (C=O) groups excluding carboxylic acids is 1. The van der Waals surface area contributed by atoms with Crippen LogP contribution in [-0.4, -0.2) is 19.9 Å². The zero-order chi connectivity index (χ0) is 17.4. The molecule has 0 aliphatic heterocycles. The molecule has 1 unspecified atom stereocenters. The zero-order valence-corrected chi connectivity index (χ0v) is 14.3. The second-order valence-electron chi connectivity index (χ2n) is 5.41. The summed E-state index contributed by atoms with van der Waals surface area (Å²) in [4.78, 5) is 12.0. The predicted molar refractivity (Wildman–Crippen MR) is 94.4 cm³/mol. The molecule has 0 aliphatic rings. The van der Waals surface area contributed by atoms with Crippen LogP contribution in [-0.2, 0) is 6.42 Å². The third kappa shape index (κ3) is 4.91. The molecule has 24 heavy (non-hydrogen) atoms. The number of hydrogen-bond donors (Lipinski definition) is 2. The van der Waals surface area contributed by atoms with Crippen LogP contribution in [0.3, 0.4) is 0 Å². The van der Waals surface area contributed by atoms with Gasteiger partial charge in [-0.05, 0) is 36.6 Å². The third-order valence-corrected chi connectivity index (χ3v) is 3.77. The highest BCUT2D eigenvalue weighted by molar-refractivity contribution is 5.74. The Balaban J connectivity index is 1.80. The fraction of sp³-hybridized carbons (Fsp3) is 0.316. The SMILES string of the molecule is CCc1ccc(C(C)NC(=O)NCOc2ccccc2OC)cc1. The van der Waals surface area contributed by atoms with Gasteiger partial charge in [0.2, 0.25) is 0 Å². The first-order valence-electron chi connectivity index (χ1n) is 8.03. The van der Waals surface area contributed by atoms with Crippen LogP contribution in [0.2, 0.25) is 0 Å². The van der Waals surface area contributed by atoms with Gasteiger partial charge >= 0.3 is 6.03 Å². The van der Waals surface area contributed by atoms with Gasteiger partial charge in [-0.15, -0.1) is 0 Å². The van der Waals surface area contributed by atoms with Crippen molar-refractivity contribution < 1.29 is 14.3 Å². The molecule has 2 aromatic carbocycles. The topological polar surface area (TPSA) is 59.6 Å². The highest BCUT2D eigenvalue weighted by atomic mass is 16.5. The van der Waals surface area contributed by atoms with E-state index in [0.29, 0.717) is 11.5 Å². The molecule has 0 aliphatic carbocycles. The maximum Gasteiger partial charge on any atom is 0.317 e. The number of nitrogens with one attached hydrogen (secondary N) is 2. The highest BCUT2D eigenvalue weighted by Gasteiger charge is 2.09. The Morgan fingerprint density at radius 2 is 1.75 bits per heavy atom. The summed E-state index contributed by atoms with van der Waals surface area (Å²) in [6.45, 7) is 4.13. The molecule has 5 heteroatoms. The Labute approximate surface area is 143 Å². The van der Waals surface area contributed by atoms with E-state index in [-0.39, 0.29) is 18.8 Å². The summed E-state index contributed by atoms with van der Waals surface area (Å²) in [5.41, 5.74) is 2.34. The number of methoxy groups -OCH3 is 1. The first kappa shape index (κ1) is 17.7. The fourth-order valence-electron chi connectivity index (χ4n) is 2.29. The van der Waals surface area contributed by atoms with E-state index in [0.717, 1.165) is 12.0 Å². The van der Waals surface area contributed by atoms with Crippen molar-refractivity contribution in [2.45, 2.75) is 26.3 Å². The fourth-order valence-corrected chi connectivity index (χ4v) is 2.29. The van der Waals surface area contributed by atoms with Gasteiger partial charge in [-0.1, -0.05) is 43.3 Å². The van der Waals surface area contributed by atoms with E-state index in [4.69, 9.17) is 9.47 Å². The number of para-hydroxylation sites is 2. The minimum absolute atomic E-state index is 0.0632. The minimum atomic E-state index is -0.281. The Kier molecular flexibility index (Phi) is 6.49. The van der Waals surface area contributed by atoms with Crippen LogP contribution in [0.1, 0.15) is 31.0 Å². The Morgan fingerprint density at radius 3 is 2.38 bits per heavy atom. The first-order valence-corrected chi connectivity index (χ1v) is 8.03. The first-order chi connectivity index (χ1) is 11.6. The predicted octanol–water partition coefficient (Wildman–Crippen LogP) is 3.65. The van der Waals surface area contributed by atoms with Gasteiger partial charge in [0.25, 0.3) is 0 Å². The number of carbonyl (C=O) groups is 1. The molecular formula is C19H24N2O3. The largest absolute Gasteiger partial charge is 0.493 e. The van der Waals surface area contributed by atoms with Crippen LogP contribution in [0.5, 0.6) is 11.5 Å². The molecule has 0 spiro atoms. The van der Waals surface area contributed by atoms with Crippen LogP contribution in [0.25, 0.3) is 0 Å². The van der Waals surface area contributed by atoms with Gasteiger partial charge in [-0.2, -0.15) is 0 Å². The van der Waals surface area contributed by atoms with Crippen molar-refractivity contribution in [3.8, 4) is 11.5 Å². The van der Waals surface area contributed by atoms with Crippen LogP contribution < -0.4 is 20.1 Å². The number of rotatable bonds is 7. The lowest BCUT2D eigenvalue weighted by Gasteiger charge is -2.16. The van der Waals surface area contributed by atoms with Crippen LogP contribution >= 0.6 is 0 Å². The monoisotopic (exact) mass is 328 g/mol. The molecular weight excluding hydrogens is 304 g/mol. The van der Waals surface area contributed by atoms with Gasteiger partial charge in [0.1, 0.15) is 0 Å². The molecule has 5 nitrogen and oxygen atoms in total. The number of aryl methyl sites for hydroxylation is 1. The second kappa shape index (κ2) is 8.82. The lowest BCUT2D eigenvalue weighted by atomic mass is 10.1. The molecule has 2 aromatic rings. The summed E-state index contributed by atoms with van der Waals surface area (Å²) >= 11 is 0. The van der Waals surface area contributed by atoms with Gasteiger partial charge in [0.15, 0.2) is 18.2 Å². The van der Waals surface area contributed by atoms with Gasteiger partial charge in [-0.3, -0.25) is 0 Å². The van der Waals surface area contributed by atoms with Crippen molar-refractivity contribution >= 4 is 6.03 Å². The van der Waals surface area contributed by atoms with Gasteiger partial charge in [-0.25, -0.2) is 4.79 Å². The summed E-state index contributed by atoms with van der Waals surface area (Å²) in [5.74, 6) is 1.22. The molecule has 0 heterocycles. The number of urea groups is 1. The van der Waals surface area contributed by atoms with E-state index in [1.165, 1.54) is 5.56 Å². The maximum absolute atomic E-state index is 12.0. The molecule has 0 saturated heterocycles. The van der Waals surface area contributed by atoms with E-state index in [2.05, 4.69) is 29.7 Å². The standard InChI is InChI=1S/C19H24N2O3/c1-4-15-9-11-16(12-10-15)14(2)21-19(22)20-13-24-18-8-6-5-7-17(18)23-3/h5-12,14H,4,13H2,1-3H3,(H2,20,21,22). The van der Waals surface area contributed by atoms with Gasteiger partial charge in [0, 0.05) is 0 Å². The lowest BCUT2D eigenvalue weighted by molar-refractivity contribution is 0.219. The molecule has 2 amide bonds. The second-order valence-corrected chi connectivity index (χ2v) is 5.41. The lowest BCUT2D eigenvalue weighted by Crippen LogP contribution is -2.39. The number of benzene rings is 2. The Morgan fingerprint density at radius 1 is 1.08 bits per heavy atom. The van der Waals surface area contributed by atoms with Crippen molar-refractivity contribution in [3.63, 3.8) is 0 Å². The molecule has 0 radical (unpaired) electrons. The quantitative estimate of drug-likeness (QED) is 0.763. The summed E-state index contributed by atoms with van der Waals surface area (Å²) in [6, 6.07) is 15.2. The van der Waals surface area contributed by atoms with Crippen LogP contribution in [0.15, 0.2) is 48.5 Å². The Bertz CT molecular complexity index is 656. The average molecular weight is 328 g/mol. The summed E-state index contributed by atoms with van der Waals surface area (Å²) < 4.78 is 10.7. The van der Waals surface area contributed by atoms with Crippen molar-refractivity contribution in [3.05, 3.63) is 59.7 Å².